The van der Waals surface area contributed by atoms with Crippen molar-refractivity contribution in [1.29, 1.82) is 0 Å². The van der Waals surface area contributed by atoms with Crippen molar-refractivity contribution in [2.24, 2.45) is 0 Å². The number of nitrogens with one attached hydrogen (secondary N) is 2. The molecule has 5 nitrogen and oxygen atoms in total. The molecule has 6 heteroatoms. The van der Waals surface area contributed by atoms with Crippen molar-refractivity contribution in [2.75, 3.05) is 32.0 Å². The molecule has 2 aromatic carbocycles. The first-order valence-corrected chi connectivity index (χ1v) is 11.7. The van der Waals surface area contributed by atoms with E-state index in [0.29, 0.717) is 22.7 Å². The molecule has 31 heavy (non-hydrogen) atoms. The van der Waals surface area contributed by atoms with E-state index in [-0.39, 0.29) is 11.8 Å². The van der Waals surface area contributed by atoms with Gasteiger partial charge in [-0.2, -0.15) is 0 Å². The molecule has 0 saturated carbocycles. The number of hydrogen-bond acceptors (Lipinski definition) is 4. The van der Waals surface area contributed by atoms with Crippen molar-refractivity contribution in [1.82, 2.24) is 10.2 Å². The Hall–Kier alpha value is -2.57. The zero-order valence-electron chi connectivity index (χ0n) is 18.5. The van der Waals surface area contributed by atoms with E-state index < -0.39 is 0 Å². The van der Waals surface area contributed by atoms with E-state index in [1.807, 2.05) is 49.4 Å². The fraction of sp³-hybridized carbons (Fsp3) is 0.360. The van der Waals surface area contributed by atoms with Crippen molar-refractivity contribution in [3.63, 3.8) is 0 Å². The van der Waals surface area contributed by atoms with Gasteiger partial charge in [0, 0.05) is 17.0 Å². The van der Waals surface area contributed by atoms with Crippen LogP contribution in [-0.2, 0) is 4.79 Å². The fourth-order valence-corrected chi connectivity index (χ4v) is 4.24. The predicted octanol–water partition coefficient (Wildman–Crippen LogP) is 4.93. The zero-order chi connectivity index (χ0) is 22.2. The van der Waals surface area contributed by atoms with E-state index in [2.05, 4.69) is 29.5 Å². The Morgan fingerprint density at radius 3 is 2.61 bits per heavy atom. The number of fused-ring (bicyclic) bond motifs is 1. The average Bonchev–Trinajstić information content (AvgIpc) is 2.76. The van der Waals surface area contributed by atoms with Gasteiger partial charge in [-0.15, -0.1) is 0 Å². The molecule has 0 atom stereocenters. The van der Waals surface area contributed by atoms with Crippen LogP contribution in [0.25, 0.3) is 6.08 Å². The minimum absolute atomic E-state index is 0.112. The number of unbranched alkanes of at least 4 members (excludes halogenated alkanes) is 1. The number of carbonyl (C=O) groups is 2. The summed E-state index contributed by atoms with van der Waals surface area (Å²) < 4.78 is 0. The number of benzene rings is 2. The maximum absolute atomic E-state index is 12.6. The molecular formula is C25H31N3O2S. The molecule has 2 amide bonds. The molecule has 0 saturated heterocycles. The summed E-state index contributed by atoms with van der Waals surface area (Å²) in [6.07, 6.45) is 5.19. The Morgan fingerprint density at radius 2 is 1.87 bits per heavy atom. The number of thioether (sulfide) groups is 1. The van der Waals surface area contributed by atoms with Crippen LogP contribution in [0.5, 0.6) is 0 Å². The third-order valence-corrected chi connectivity index (χ3v) is 6.30. The highest BCUT2D eigenvalue weighted by atomic mass is 32.2. The highest BCUT2D eigenvalue weighted by molar-refractivity contribution is 8.04. The molecule has 1 heterocycles. The van der Waals surface area contributed by atoms with Crippen LogP contribution in [0, 0.1) is 6.92 Å². The van der Waals surface area contributed by atoms with E-state index >= 15 is 0 Å². The summed E-state index contributed by atoms with van der Waals surface area (Å²) in [5, 5.41) is 5.90. The van der Waals surface area contributed by atoms with Crippen LogP contribution >= 0.6 is 11.8 Å². The molecule has 2 N–H and O–H groups in total. The van der Waals surface area contributed by atoms with Gasteiger partial charge in [0.15, 0.2) is 0 Å². The van der Waals surface area contributed by atoms with Crippen LogP contribution in [0.1, 0.15) is 47.7 Å². The average molecular weight is 438 g/mol. The molecule has 0 aromatic heterocycles. The van der Waals surface area contributed by atoms with E-state index in [9.17, 15) is 9.59 Å². The first-order valence-electron chi connectivity index (χ1n) is 10.8. The van der Waals surface area contributed by atoms with Crippen LogP contribution in [0.4, 0.5) is 5.69 Å². The monoisotopic (exact) mass is 437 g/mol. The number of amides is 2. The van der Waals surface area contributed by atoms with Crippen LogP contribution < -0.4 is 10.6 Å². The topological polar surface area (TPSA) is 61.4 Å². The van der Waals surface area contributed by atoms with Gasteiger partial charge >= 0.3 is 0 Å². The maximum atomic E-state index is 12.6. The molecule has 0 radical (unpaired) electrons. The Kier molecular flexibility index (Phi) is 8.32. The van der Waals surface area contributed by atoms with E-state index in [0.717, 1.165) is 30.0 Å². The fourth-order valence-electron chi connectivity index (χ4n) is 3.31. The van der Waals surface area contributed by atoms with Gasteiger partial charge in [0.05, 0.1) is 10.6 Å². The first kappa shape index (κ1) is 23.1. The minimum Gasteiger partial charge on any atom is -0.352 e. The van der Waals surface area contributed by atoms with Crippen molar-refractivity contribution in [2.45, 2.75) is 38.0 Å². The standard InChI is InChI=1S/C25H31N3O2S/c1-4-5-14-28(3)15-6-13-26-24(29)20-11-12-22-21(17-20)27-25(30)23(31-22)16-19-9-7-18(2)8-10-19/h7-12,16-17H,4-6,13-15H2,1-3H3,(H,26,29)(H,27,30)/b23-16+. The molecule has 1 aliphatic heterocycles. The molecule has 2 aromatic rings. The second kappa shape index (κ2) is 11.2. The molecular weight excluding hydrogens is 406 g/mol. The van der Waals surface area contributed by atoms with Crippen LogP contribution in [-0.4, -0.2) is 43.4 Å². The molecule has 0 fully saturated rings. The quantitative estimate of drug-likeness (QED) is 0.431. The van der Waals surface area contributed by atoms with Gasteiger partial charge in [0.1, 0.15) is 0 Å². The zero-order valence-corrected chi connectivity index (χ0v) is 19.3. The molecule has 0 aliphatic carbocycles. The molecule has 0 spiro atoms. The summed E-state index contributed by atoms with van der Waals surface area (Å²) in [6, 6.07) is 13.5. The number of aryl methyl sites for hydroxylation is 1. The van der Waals surface area contributed by atoms with Crippen LogP contribution in [0.3, 0.4) is 0 Å². The summed E-state index contributed by atoms with van der Waals surface area (Å²) in [7, 11) is 2.11. The lowest BCUT2D eigenvalue weighted by Crippen LogP contribution is -2.29. The van der Waals surface area contributed by atoms with E-state index in [1.54, 1.807) is 6.07 Å². The number of rotatable bonds is 9. The minimum atomic E-state index is -0.147. The Labute approximate surface area is 189 Å². The molecule has 3 rings (SSSR count). The number of hydrogen-bond donors (Lipinski definition) is 2. The Morgan fingerprint density at radius 1 is 1.13 bits per heavy atom. The number of carbonyl (C=O) groups excluding carboxylic acids is 2. The SMILES string of the molecule is CCCCN(C)CCCNC(=O)c1ccc2c(c1)NC(=O)/C(=C\c1ccc(C)cc1)S2. The van der Waals surface area contributed by atoms with Gasteiger partial charge in [0.2, 0.25) is 0 Å². The van der Waals surface area contributed by atoms with Gasteiger partial charge in [0.25, 0.3) is 11.8 Å². The lowest BCUT2D eigenvalue weighted by Gasteiger charge is -2.19. The van der Waals surface area contributed by atoms with Crippen molar-refractivity contribution < 1.29 is 9.59 Å². The highest BCUT2D eigenvalue weighted by Gasteiger charge is 2.22. The van der Waals surface area contributed by atoms with Gasteiger partial charge in [-0.25, -0.2) is 0 Å². The molecule has 0 bridgehead atoms. The molecule has 1 aliphatic rings. The van der Waals surface area contributed by atoms with Gasteiger partial charge in [-0.1, -0.05) is 54.9 Å². The van der Waals surface area contributed by atoms with Crippen molar-refractivity contribution in [3.05, 3.63) is 64.1 Å². The van der Waals surface area contributed by atoms with Gasteiger partial charge in [-0.05, 0) is 69.7 Å². The lowest BCUT2D eigenvalue weighted by molar-refractivity contribution is -0.112. The first-order chi connectivity index (χ1) is 15.0. The summed E-state index contributed by atoms with van der Waals surface area (Å²) in [4.78, 5) is 28.9. The Balaban J connectivity index is 1.57. The summed E-state index contributed by atoms with van der Waals surface area (Å²) in [5.41, 5.74) is 3.42. The van der Waals surface area contributed by atoms with E-state index in [1.165, 1.54) is 30.2 Å². The smallest absolute Gasteiger partial charge is 0.262 e. The maximum Gasteiger partial charge on any atom is 0.262 e. The second-order valence-corrected chi connectivity index (χ2v) is 9.04. The molecule has 164 valence electrons. The van der Waals surface area contributed by atoms with Gasteiger partial charge in [-0.3, -0.25) is 9.59 Å². The van der Waals surface area contributed by atoms with Crippen molar-refractivity contribution in [3.8, 4) is 0 Å². The molecule has 0 unspecified atom stereocenters. The predicted molar refractivity (Wildman–Crippen MR) is 129 cm³/mol. The largest absolute Gasteiger partial charge is 0.352 e. The summed E-state index contributed by atoms with van der Waals surface area (Å²) >= 11 is 1.43. The summed E-state index contributed by atoms with van der Waals surface area (Å²) in [6.45, 7) is 6.92. The number of anilines is 1. The lowest BCUT2D eigenvalue weighted by atomic mass is 10.1. The van der Waals surface area contributed by atoms with Gasteiger partial charge < -0.3 is 15.5 Å². The van der Waals surface area contributed by atoms with Crippen LogP contribution in [0.15, 0.2) is 52.3 Å². The highest BCUT2D eigenvalue weighted by Crippen LogP contribution is 2.39. The third kappa shape index (κ3) is 6.71. The van der Waals surface area contributed by atoms with E-state index in [4.69, 9.17) is 0 Å². The summed E-state index contributed by atoms with van der Waals surface area (Å²) in [5.74, 6) is -0.259. The van der Waals surface area contributed by atoms with Crippen LogP contribution in [0.2, 0.25) is 0 Å². The Bertz CT molecular complexity index is 954. The number of nitrogens with zero attached hydrogens (tertiary/aromatic N) is 1. The van der Waals surface area contributed by atoms with Crippen molar-refractivity contribution >= 4 is 35.3 Å². The third-order valence-electron chi connectivity index (χ3n) is 5.20. The normalized spacial score (nSPS) is 14.5. The second-order valence-electron chi connectivity index (χ2n) is 7.95.